The molecule has 2 nitrogen and oxygen atoms in total. The molecule has 0 bridgehead atoms. The second-order valence-corrected chi connectivity index (χ2v) is 6.82. The smallest absolute Gasteiger partial charge is 0.0414 e. The van der Waals surface area contributed by atoms with Gasteiger partial charge in [0.05, 0.1) is 0 Å². The van der Waals surface area contributed by atoms with Gasteiger partial charge in [-0.1, -0.05) is 44.9 Å². The standard InChI is InChI=1S/C18H28N2/c1-14(2)15-7-5-8-17(12-15)20-11-10-19-13-16-6-3-4-9-18(16)20/h3-4,6,9,14-15,17,19H,5,7-8,10-13H2,1-2H3. The van der Waals surface area contributed by atoms with Gasteiger partial charge < -0.3 is 10.2 Å². The van der Waals surface area contributed by atoms with Gasteiger partial charge in [-0.05, 0) is 36.3 Å². The first-order valence-electron chi connectivity index (χ1n) is 8.31. The van der Waals surface area contributed by atoms with Crippen molar-refractivity contribution in [1.82, 2.24) is 5.32 Å². The number of anilines is 1. The van der Waals surface area contributed by atoms with E-state index in [9.17, 15) is 0 Å². The minimum atomic E-state index is 0.747. The van der Waals surface area contributed by atoms with E-state index in [0.29, 0.717) is 0 Å². The number of nitrogens with one attached hydrogen (secondary N) is 1. The Labute approximate surface area is 123 Å². The summed E-state index contributed by atoms with van der Waals surface area (Å²) in [5.74, 6) is 1.75. The summed E-state index contributed by atoms with van der Waals surface area (Å²) in [6, 6.07) is 9.71. The normalized spacial score (nSPS) is 27.2. The molecule has 1 fully saturated rings. The summed E-state index contributed by atoms with van der Waals surface area (Å²) in [4.78, 5) is 2.70. The first-order valence-corrected chi connectivity index (χ1v) is 8.31. The fraction of sp³-hybridized carbons (Fsp3) is 0.667. The van der Waals surface area contributed by atoms with Crippen molar-refractivity contribution in [2.75, 3.05) is 18.0 Å². The van der Waals surface area contributed by atoms with Crippen LogP contribution < -0.4 is 10.2 Å². The minimum absolute atomic E-state index is 0.747. The Morgan fingerprint density at radius 2 is 2.05 bits per heavy atom. The third-order valence-corrected chi connectivity index (χ3v) is 5.22. The Hall–Kier alpha value is -1.02. The number of nitrogens with zero attached hydrogens (tertiary/aromatic N) is 1. The Bertz CT molecular complexity index is 441. The van der Waals surface area contributed by atoms with Gasteiger partial charge in [-0.15, -0.1) is 0 Å². The molecule has 0 saturated heterocycles. The maximum absolute atomic E-state index is 3.56. The highest BCUT2D eigenvalue weighted by molar-refractivity contribution is 5.55. The molecule has 2 aliphatic rings. The average Bonchev–Trinajstić information content (AvgIpc) is 2.69. The van der Waals surface area contributed by atoms with Gasteiger partial charge in [-0.2, -0.15) is 0 Å². The molecule has 110 valence electrons. The van der Waals surface area contributed by atoms with Crippen LogP contribution in [0.1, 0.15) is 45.1 Å². The molecular weight excluding hydrogens is 244 g/mol. The Morgan fingerprint density at radius 3 is 2.90 bits per heavy atom. The van der Waals surface area contributed by atoms with Crippen LogP contribution in [-0.2, 0) is 6.54 Å². The lowest BCUT2D eigenvalue weighted by molar-refractivity contribution is 0.248. The van der Waals surface area contributed by atoms with Gasteiger partial charge in [-0.3, -0.25) is 0 Å². The van der Waals surface area contributed by atoms with E-state index in [0.717, 1.165) is 37.5 Å². The lowest BCUT2D eigenvalue weighted by Crippen LogP contribution is -2.42. The predicted octanol–water partition coefficient (Wildman–Crippen LogP) is 3.81. The van der Waals surface area contributed by atoms with Gasteiger partial charge in [0.25, 0.3) is 0 Å². The monoisotopic (exact) mass is 272 g/mol. The van der Waals surface area contributed by atoms with E-state index in [-0.39, 0.29) is 0 Å². The highest BCUT2D eigenvalue weighted by Gasteiger charge is 2.29. The van der Waals surface area contributed by atoms with Crippen LogP contribution in [0.25, 0.3) is 0 Å². The molecule has 1 N–H and O–H groups in total. The number of para-hydroxylation sites is 1. The van der Waals surface area contributed by atoms with Crippen LogP contribution in [0, 0.1) is 11.8 Å². The quantitative estimate of drug-likeness (QED) is 0.880. The molecule has 3 rings (SSSR count). The number of rotatable bonds is 2. The van der Waals surface area contributed by atoms with E-state index in [1.165, 1.54) is 36.9 Å². The second-order valence-electron chi connectivity index (χ2n) is 6.82. The van der Waals surface area contributed by atoms with E-state index < -0.39 is 0 Å². The second kappa shape index (κ2) is 6.17. The highest BCUT2D eigenvalue weighted by Crippen LogP contribution is 2.35. The number of benzene rings is 1. The van der Waals surface area contributed by atoms with Gasteiger partial charge in [-0.25, -0.2) is 0 Å². The molecule has 1 aromatic carbocycles. The van der Waals surface area contributed by atoms with Crippen molar-refractivity contribution in [2.24, 2.45) is 11.8 Å². The lowest BCUT2D eigenvalue weighted by Gasteiger charge is -2.40. The van der Waals surface area contributed by atoms with Crippen LogP contribution in [-0.4, -0.2) is 19.1 Å². The van der Waals surface area contributed by atoms with Gasteiger partial charge in [0.2, 0.25) is 0 Å². The molecule has 20 heavy (non-hydrogen) atoms. The molecule has 1 aromatic rings. The summed E-state index contributed by atoms with van der Waals surface area (Å²) in [5.41, 5.74) is 2.95. The maximum Gasteiger partial charge on any atom is 0.0414 e. The SMILES string of the molecule is CC(C)C1CCCC(N2CCNCc3ccccc32)C1. The summed E-state index contributed by atoms with van der Waals surface area (Å²) in [7, 11) is 0. The summed E-state index contributed by atoms with van der Waals surface area (Å²) < 4.78 is 0. The van der Waals surface area contributed by atoms with E-state index in [1.54, 1.807) is 0 Å². The van der Waals surface area contributed by atoms with Crippen LogP contribution in [0.3, 0.4) is 0 Å². The fourth-order valence-electron chi connectivity index (χ4n) is 3.95. The van der Waals surface area contributed by atoms with Crippen molar-refractivity contribution in [3.63, 3.8) is 0 Å². The molecule has 0 aromatic heterocycles. The Morgan fingerprint density at radius 1 is 1.20 bits per heavy atom. The largest absolute Gasteiger partial charge is 0.367 e. The molecule has 0 radical (unpaired) electrons. The third-order valence-electron chi connectivity index (χ3n) is 5.22. The highest BCUT2D eigenvalue weighted by atomic mass is 15.2. The van der Waals surface area contributed by atoms with E-state index in [4.69, 9.17) is 0 Å². The molecule has 0 amide bonds. The first kappa shape index (κ1) is 13.9. The molecule has 1 aliphatic carbocycles. The molecule has 2 atom stereocenters. The fourth-order valence-corrected chi connectivity index (χ4v) is 3.95. The zero-order valence-corrected chi connectivity index (χ0v) is 12.9. The molecule has 1 aliphatic heterocycles. The van der Waals surface area contributed by atoms with Crippen molar-refractivity contribution in [1.29, 1.82) is 0 Å². The van der Waals surface area contributed by atoms with Crippen LogP contribution in [0.5, 0.6) is 0 Å². The summed E-state index contributed by atoms with van der Waals surface area (Å²) in [6.45, 7) is 8.08. The average molecular weight is 272 g/mol. The lowest BCUT2D eigenvalue weighted by atomic mass is 9.78. The zero-order valence-electron chi connectivity index (χ0n) is 12.9. The third kappa shape index (κ3) is 2.85. The predicted molar refractivity (Wildman–Crippen MR) is 86.1 cm³/mol. The van der Waals surface area contributed by atoms with E-state index in [2.05, 4.69) is 48.3 Å². The molecule has 2 unspecified atom stereocenters. The van der Waals surface area contributed by atoms with Crippen LogP contribution in [0.4, 0.5) is 5.69 Å². The van der Waals surface area contributed by atoms with E-state index in [1.807, 2.05) is 0 Å². The summed E-state index contributed by atoms with van der Waals surface area (Å²) >= 11 is 0. The first-order chi connectivity index (χ1) is 9.75. The van der Waals surface area contributed by atoms with Crippen molar-refractivity contribution in [2.45, 2.75) is 52.1 Å². The Kier molecular flexibility index (Phi) is 4.30. The van der Waals surface area contributed by atoms with E-state index >= 15 is 0 Å². The van der Waals surface area contributed by atoms with Gasteiger partial charge >= 0.3 is 0 Å². The summed E-state index contributed by atoms with van der Waals surface area (Å²) in [5, 5.41) is 3.56. The van der Waals surface area contributed by atoms with Crippen molar-refractivity contribution in [3.05, 3.63) is 29.8 Å². The maximum atomic E-state index is 3.56. The van der Waals surface area contributed by atoms with Crippen LogP contribution in [0.2, 0.25) is 0 Å². The van der Waals surface area contributed by atoms with Crippen LogP contribution in [0.15, 0.2) is 24.3 Å². The van der Waals surface area contributed by atoms with Gasteiger partial charge in [0, 0.05) is 31.4 Å². The Balaban J connectivity index is 1.82. The molecular formula is C18H28N2. The molecule has 0 spiro atoms. The molecule has 1 heterocycles. The topological polar surface area (TPSA) is 15.3 Å². The van der Waals surface area contributed by atoms with Gasteiger partial charge in [0.15, 0.2) is 0 Å². The number of fused-ring (bicyclic) bond motifs is 1. The summed E-state index contributed by atoms with van der Waals surface area (Å²) in [6.07, 6.45) is 5.59. The van der Waals surface area contributed by atoms with Crippen LogP contribution >= 0.6 is 0 Å². The van der Waals surface area contributed by atoms with Crippen molar-refractivity contribution in [3.8, 4) is 0 Å². The molecule has 2 heteroatoms. The zero-order chi connectivity index (χ0) is 13.9. The minimum Gasteiger partial charge on any atom is -0.367 e. The number of hydrogen-bond acceptors (Lipinski definition) is 2. The number of hydrogen-bond donors (Lipinski definition) is 1. The van der Waals surface area contributed by atoms with Gasteiger partial charge in [0.1, 0.15) is 0 Å². The van der Waals surface area contributed by atoms with Crippen molar-refractivity contribution < 1.29 is 0 Å². The van der Waals surface area contributed by atoms with Crippen molar-refractivity contribution >= 4 is 5.69 Å². The molecule has 1 saturated carbocycles.